The Hall–Kier alpha value is -1.42. The van der Waals surface area contributed by atoms with E-state index in [2.05, 4.69) is 11.8 Å². The highest BCUT2D eigenvalue weighted by molar-refractivity contribution is 5.96. The Bertz CT molecular complexity index is 520. The lowest BCUT2D eigenvalue weighted by Gasteiger charge is -2.39. The first kappa shape index (κ1) is 14.5. The molecule has 0 aliphatic carbocycles. The fourth-order valence-electron chi connectivity index (χ4n) is 3.32. The molecule has 0 N–H and O–H groups in total. The van der Waals surface area contributed by atoms with Crippen LogP contribution in [0, 0.1) is 11.7 Å². The molecule has 2 aliphatic rings. The Morgan fingerprint density at radius 3 is 2.67 bits per heavy atom. The highest BCUT2D eigenvalue weighted by Gasteiger charge is 2.29. The van der Waals surface area contributed by atoms with Crippen molar-refractivity contribution >= 4 is 5.91 Å². The summed E-state index contributed by atoms with van der Waals surface area (Å²) in [7, 11) is 0. The molecule has 0 aromatic heterocycles. The smallest absolute Gasteiger partial charge is 0.257 e. The molecule has 2 fully saturated rings. The van der Waals surface area contributed by atoms with Crippen molar-refractivity contribution in [1.82, 2.24) is 9.80 Å². The van der Waals surface area contributed by atoms with Crippen LogP contribution >= 0.6 is 0 Å². The second kappa shape index (κ2) is 6.14. The van der Waals surface area contributed by atoms with E-state index in [4.69, 9.17) is 0 Å². The van der Waals surface area contributed by atoms with Gasteiger partial charge in [0.15, 0.2) is 0 Å². The van der Waals surface area contributed by atoms with Gasteiger partial charge in [0.1, 0.15) is 5.82 Å². The maximum absolute atomic E-state index is 14.2. The van der Waals surface area contributed by atoms with E-state index in [1.807, 2.05) is 6.07 Å². The summed E-state index contributed by atoms with van der Waals surface area (Å²) < 4.78 is 14.2. The molecule has 3 nitrogen and oxygen atoms in total. The van der Waals surface area contributed by atoms with E-state index < -0.39 is 0 Å². The van der Waals surface area contributed by atoms with E-state index in [-0.39, 0.29) is 11.7 Å². The van der Waals surface area contributed by atoms with Crippen LogP contribution in [0.1, 0.15) is 42.1 Å². The summed E-state index contributed by atoms with van der Waals surface area (Å²) in [6.45, 7) is 6.52. The molecule has 2 aliphatic heterocycles. The number of carbonyl (C=O) groups excluding carboxylic acids is 1. The van der Waals surface area contributed by atoms with E-state index in [0.29, 0.717) is 12.1 Å². The summed E-state index contributed by atoms with van der Waals surface area (Å²) >= 11 is 0. The minimum atomic E-state index is -0.378. The highest BCUT2D eigenvalue weighted by atomic mass is 19.1. The number of amides is 1. The van der Waals surface area contributed by atoms with Gasteiger partial charge in [-0.1, -0.05) is 25.5 Å². The number of rotatable bonds is 4. The summed E-state index contributed by atoms with van der Waals surface area (Å²) in [6.07, 6.45) is 3.25. The van der Waals surface area contributed by atoms with Crippen molar-refractivity contribution in [3.05, 3.63) is 35.1 Å². The zero-order valence-corrected chi connectivity index (χ0v) is 12.6. The summed E-state index contributed by atoms with van der Waals surface area (Å²) in [4.78, 5) is 16.6. The Morgan fingerprint density at radius 1 is 1.29 bits per heavy atom. The van der Waals surface area contributed by atoms with Gasteiger partial charge in [0.05, 0.1) is 5.56 Å². The van der Waals surface area contributed by atoms with Crippen molar-refractivity contribution in [2.24, 2.45) is 5.92 Å². The lowest BCUT2D eigenvalue weighted by Crippen LogP contribution is -2.45. The van der Waals surface area contributed by atoms with Gasteiger partial charge in [-0.15, -0.1) is 0 Å². The van der Waals surface area contributed by atoms with E-state index in [1.54, 1.807) is 11.0 Å². The zero-order chi connectivity index (χ0) is 14.8. The number of benzene rings is 1. The van der Waals surface area contributed by atoms with E-state index >= 15 is 0 Å². The Morgan fingerprint density at radius 2 is 2.00 bits per heavy atom. The van der Waals surface area contributed by atoms with Crippen LogP contribution in [0.4, 0.5) is 4.39 Å². The third-order valence-corrected chi connectivity index (χ3v) is 4.71. The van der Waals surface area contributed by atoms with Gasteiger partial charge in [0.25, 0.3) is 5.91 Å². The van der Waals surface area contributed by atoms with Crippen LogP contribution in [0.15, 0.2) is 18.2 Å². The second-order valence-electron chi connectivity index (χ2n) is 6.24. The molecule has 0 unspecified atom stereocenters. The summed E-state index contributed by atoms with van der Waals surface area (Å²) in [5, 5.41) is 0. The van der Waals surface area contributed by atoms with Crippen LogP contribution in [0.2, 0.25) is 0 Å². The van der Waals surface area contributed by atoms with Crippen molar-refractivity contribution in [3.63, 3.8) is 0 Å². The van der Waals surface area contributed by atoms with Gasteiger partial charge in [-0.3, -0.25) is 9.69 Å². The number of halogens is 1. The van der Waals surface area contributed by atoms with Crippen LogP contribution < -0.4 is 0 Å². The average molecular weight is 290 g/mol. The fraction of sp³-hybridized carbons (Fsp3) is 0.588. The number of likely N-dealkylation sites (tertiary alicyclic amines) is 2. The number of nitrogens with zero attached hydrogens (tertiary/aromatic N) is 2. The average Bonchev–Trinajstić information content (AvgIpc) is 2.96. The van der Waals surface area contributed by atoms with Crippen LogP contribution in [0.5, 0.6) is 0 Å². The molecule has 114 valence electrons. The van der Waals surface area contributed by atoms with Crippen LogP contribution in [-0.2, 0) is 6.54 Å². The maximum Gasteiger partial charge on any atom is 0.257 e. The molecule has 0 saturated carbocycles. The monoisotopic (exact) mass is 290 g/mol. The predicted octanol–water partition coefficient (Wildman–Crippen LogP) is 2.90. The molecule has 3 rings (SSSR count). The predicted molar refractivity (Wildman–Crippen MR) is 80.6 cm³/mol. The van der Waals surface area contributed by atoms with Gasteiger partial charge < -0.3 is 4.90 Å². The Balaban J connectivity index is 1.77. The van der Waals surface area contributed by atoms with Crippen molar-refractivity contribution in [2.45, 2.75) is 32.7 Å². The maximum atomic E-state index is 14.2. The first-order valence-corrected chi connectivity index (χ1v) is 7.98. The van der Waals surface area contributed by atoms with Crippen LogP contribution in [0.25, 0.3) is 0 Å². The molecule has 0 atom stereocenters. The molecule has 0 radical (unpaired) electrons. The van der Waals surface area contributed by atoms with Crippen molar-refractivity contribution in [1.29, 1.82) is 0 Å². The molecule has 2 heterocycles. The van der Waals surface area contributed by atoms with Crippen molar-refractivity contribution in [3.8, 4) is 0 Å². The third-order valence-electron chi connectivity index (χ3n) is 4.71. The second-order valence-corrected chi connectivity index (χ2v) is 6.24. The topological polar surface area (TPSA) is 23.6 Å². The molecule has 2 saturated heterocycles. The van der Waals surface area contributed by atoms with Gasteiger partial charge in [0.2, 0.25) is 0 Å². The first-order chi connectivity index (χ1) is 10.2. The molecule has 0 bridgehead atoms. The van der Waals surface area contributed by atoms with Gasteiger partial charge >= 0.3 is 0 Å². The lowest BCUT2D eigenvalue weighted by atomic mass is 9.95. The standard InChI is InChI=1S/C17H23FN2O/c1-2-13-10-19(11-13)12-14-6-5-7-15(18)16(14)17(21)20-8-3-4-9-20/h5-7,13H,2-4,8-12H2,1H3. The quantitative estimate of drug-likeness (QED) is 0.851. The number of carbonyl (C=O) groups is 1. The number of hydrogen-bond donors (Lipinski definition) is 0. The Labute approximate surface area is 125 Å². The van der Waals surface area contributed by atoms with Gasteiger partial charge in [-0.2, -0.15) is 0 Å². The van der Waals surface area contributed by atoms with E-state index in [9.17, 15) is 9.18 Å². The fourth-order valence-corrected chi connectivity index (χ4v) is 3.32. The lowest BCUT2D eigenvalue weighted by molar-refractivity contribution is 0.0769. The minimum Gasteiger partial charge on any atom is -0.339 e. The van der Waals surface area contributed by atoms with Crippen molar-refractivity contribution < 1.29 is 9.18 Å². The molecule has 4 heteroatoms. The van der Waals surface area contributed by atoms with Gasteiger partial charge in [0, 0.05) is 32.7 Å². The molecule has 1 aromatic carbocycles. The molecule has 0 spiro atoms. The van der Waals surface area contributed by atoms with E-state index in [1.165, 1.54) is 12.5 Å². The summed E-state index contributed by atoms with van der Waals surface area (Å²) in [5.41, 5.74) is 1.13. The summed E-state index contributed by atoms with van der Waals surface area (Å²) in [6, 6.07) is 5.01. The largest absolute Gasteiger partial charge is 0.339 e. The minimum absolute atomic E-state index is 0.131. The third kappa shape index (κ3) is 2.95. The van der Waals surface area contributed by atoms with Crippen molar-refractivity contribution in [2.75, 3.05) is 26.2 Å². The normalized spacial score (nSPS) is 19.8. The molecular formula is C17H23FN2O. The SMILES string of the molecule is CCC1CN(Cc2cccc(F)c2C(=O)N2CCCC2)C1. The highest BCUT2D eigenvalue weighted by Crippen LogP contribution is 2.25. The summed E-state index contributed by atoms with van der Waals surface area (Å²) in [5.74, 6) is 0.251. The Kier molecular flexibility index (Phi) is 4.24. The molecule has 1 amide bonds. The van der Waals surface area contributed by atoms with Crippen LogP contribution in [0.3, 0.4) is 0 Å². The van der Waals surface area contributed by atoms with E-state index in [0.717, 1.165) is 50.5 Å². The van der Waals surface area contributed by atoms with Gasteiger partial charge in [-0.25, -0.2) is 4.39 Å². The first-order valence-electron chi connectivity index (χ1n) is 7.98. The zero-order valence-electron chi connectivity index (χ0n) is 12.6. The molecular weight excluding hydrogens is 267 g/mol. The number of hydrogen-bond acceptors (Lipinski definition) is 2. The molecule has 21 heavy (non-hydrogen) atoms. The van der Waals surface area contributed by atoms with Crippen LogP contribution in [-0.4, -0.2) is 41.9 Å². The van der Waals surface area contributed by atoms with Gasteiger partial charge in [-0.05, 0) is 30.4 Å². The molecule has 1 aromatic rings.